The Hall–Kier alpha value is -3.41. The number of anilines is 1. The second-order valence-corrected chi connectivity index (χ2v) is 12.2. The van der Waals surface area contributed by atoms with E-state index in [0.29, 0.717) is 32.1 Å². The summed E-state index contributed by atoms with van der Waals surface area (Å²) in [6.45, 7) is 6.62. The summed E-state index contributed by atoms with van der Waals surface area (Å²) >= 11 is 0. The molecular formula is C28H32N6O4S. The van der Waals surface area contributed by atoms with E-state index in [1.54, 1.807) is 18.5 Å². The van der Waals surface area contributed by atoms with Crippen molar-refractivity contribution in [1.29, 1.82) is 0 Å². The van der Waals surface area contributed by atoms with Gasteiger partial charge in [-0.2, -0.15) is 5.10 Å². The molecule has 4 aromatic rings. The lowest BCUT2D eigenvalue weighted by Crippen LogP contribution is -2.44. The number of hydrogen-bond acceptors (Lipinski definition) is 9. The molecule has 2 fully saturated rings. The third-order valence-corrected chi connectivity index (χ3v) is 8.43. The molecule has 2 aliphatic heterocycles. The summed E-state index contributed by atoms with van der Waals surface area (Å²) in [5.74, 6) is 0.814. The molecule has 2 saturated heterocycles. The molecule has 39 heavy (non-hydrogen) atoms. The molecular weight excluding hydrogens is 516 g/mol. The zero-order chi connectivity index (χ0) is 27.1. The minimum absolute atomic E-state index is 0.0582. The van der Waals surface area contributed by atoms with E-state index in [0.717, 1.165) is 58.5 Å². The Bertz CT molecular complexity index is 1630. The fourth-order valence-electron chi connectivity index (χ4n) is 5.44. The summed E-state index contributed by atoms with van der Waals surface area (Å²) in [5.41, 5.74) is 4.71. The molecule has 6 heterocycles. The molecule has 2 atom stereocenters. The van der Waals surface area contributed by atoms with E-state index < -0.39 is 9.84 Å². The summed E-state index contributed by atoms with van der Waals surface area (Å²) in [6.07, 6.45) is 7.63. The van der Waals surface area contributed by atoms with E-state index in [1.807, 2.05) is 29.8 Å². The summed E-state index contributed by atoms with van der Waals surface area (Å²) in [6, 6.07) is 9.52. The second-order valence-electron chi connectivity index (χ2n) is 10.2. The van der Waals surface area contributed by atoms with Crippen molar-refractivity contribution in [1.82, 2.24) is 24.7 Å². The van der Waals surface area contributed by atoms with E-state index in [-0.39, 0.29) is 17.3 Å². The maximum absolute atomic E-state index is 12.2. The summed E-state index contributed by atoms with van der Waals surface area (Å²) < 4.78 is 38.0. The third-order valence-electron chi connectivity index (χ3n) is 7.45. The van der Waals surface area contributed by atoms with E-state index in [1.165, 1.54) is 6.26 Å². The van der Waals surface area contributed by atoms with Crippen LogP contribution < -0.4 is 4.90 Å². The Morgan fingerprint density at radius 2 is 1.90 bits per heavy atom. The van der Waals surface area contributed by atoms with Gasteiger partial charge in [-0.15, -0.1) is 0 Å². The van der Waals surface area contributed by atoms with Crippen LogP contribution in [0.25, 0.3) is 33.4 Å². The third kappa shape index (κ3) is 4.90. The van der Waals surface area contributed by atoms with Crippen LogP contribution in [-0.2, 0) is 19.3 Å². The zero-order valence-corrected chi connectivity index (χ0v) is 23.2. The molecule has 0 aliphatic carbocycles. The number of ether oxygens (including phenoxy) is 2. The molecule has 0 aromatic carbocycles. The van der Waals surface area contributed by atoms with Gasteiger partial charge in [-0.1, -0.05) is 0 Å². The monoisotopic (exact) mass is 548 g/mol. The predicted molar refractivity (Wildman–Crippen MR) is 148 cm³/mol. The van der Waals surface area contributed by atoms with Gasteiger partial charge in [0.1, 0.15) is 17.0 Å². The van der Waals surface area contributed by atoms with Crippen LogP contribution in [0.4, 0.5) is 5.82 Å². The molecule has 204 valence electrons. The second kappa shape index (κ2) is 10.3. The van der Waals surface area contributed by atoms with Crippen LogP contribution in [-0.4, -0.2) is 71.8 Å². The van der Waals surface area contributed by atoms with Crippen LogP contribution >= 0.6 is 0 Å². The van der Waals surface area contributed by atoms with Crippen molar-refractivity contribution in [2.45, 2.75) is 50.4 Å². The molecule has 0 N–H and O–H groups in total. The van der Waals surface area contributed by atoms with Crippen LogP contribution in [0.5, 0.6) is 0 Å². The number of aryl methyl sites for hydroxylation is 1. The molecule has 2 unspecified atom stereocenters. The van der Waals surface area contributed by atoms with Crippen molar-refractivity contribution >= 4 is 26.6 Å². The van der Waals surface area contributed by atoms with E-state index in [4.69, 9.17) is 19.4 Å². The van der Waals surface area contributed by atoms with Gasteiger partial charge in [-0.25, -0.2) is 23.1 Å². The highest BCUT2D eigenvalue weighted by molar-refractivity contribution is 7.90. The number of pyridine rings is 3. The van der Waals surface area contributed by atoms with Gasteiger partial charge in [0.25, 0.3) is 0 Å². The van der Waals surface area contributed by atoms with Crippen LogP contribution in [0.15, 0.2) is 47.8 Å². The SMILES string of the molecule is Cc1nc(S(C)(=O)=O)ccc1-c1cc(N2CCOCC2C)nc2c(-c3ccnn3C3CCCCO3)nccc12. The number of aromatic nitrogens is 5. The molecule has 2 aliphatic rings. The molecule has 0 bridgehead atoms. The first-order valence-corrected chi connectivity index (χ1v) is 15.2. The van der Waals surface area contributed by atoms with Gasteiger partial charge >= 0.3 is 0 Å². The average Bonchev–Trinajstić information content (AvgIpc) is 3.42. The highest BCUT2D eigenvalue weighted by Gasteiger charge is 2.26. The number of morpholine rings is 1. The fourth-order valence-corrected chi connectivity index (χ4v) is 6.06. The number of sulfone groups is 1. The lowest BCUT2D eigenvalue weighted by Gasteiger charge is -2.34. The van der Waals surface area contributed by atoms with Crippen molar-refractivity contribution in [2.75, 3.05) is 37.5 Å². The lowest BCUT2D eigenvalue weighted by molar-refractivity contribution is -0.0383. The quantitative estimate of drug-likeness (QED) is 0.362. The van der Waals surface area contributed by atoms with E-state index in [9.17, 15) is 8.42 Å². The number of nitrogens with zero attached hydrogens (tertiary/aromatic N) is 6. The smallest absolute Gasteiger partial charge is 0.192 e. The van der Waals surface area contributed by atoms with Crippen molar-refractivity contribution in [3.8, 4) is 22.5 Å². The molecule has 0 radical (unpaired) electrons. The number of rotatable bonds is 5. The first-order chi connectivity index (χ1) is 18.8. The van der Waals surface area contributed by atoms with Gasteiger partial charge in [0, 0.05) is 48.4 Å². The molecule has 0 spiro atoms. The molecule has 11 heteroatoms. The topological polar surface area (TPSA) is 112 Å². The van der Waals surface area contributed by atoms with Gasteiger partial charge in [0.2, 0.25) is 0 Å². The minimum Gasteiger partial charge on any atom is -0.377 e. The molecule has 4 aromatic heterocycles. The van der Waals surface area contributed by atoms with Gasteiger partial charge in [0.15, 0.2) is 21.1 Å². The summed E-state index contributed by atoms with van der Waals surface area (Å²) in [7, 11) is -3.43. The van der Waals surface area contributed by atoms with Crippen LogP contribution in [0.2, 0.25) is 0 Å². The minimum atomic E-state index is -3.43. The molecule has 6 rings (SSSR count). The Kier molecular flexibility index (Phi) is 6.82. The highest BCUT2D eigenvalue weighted by Crippen LogP contribution is 2.38. The Balaban J connectivity index is 1.58. The van der Waals surface area contributed by atoms with Crippen LogP contribution in [0.1, 0.15) is 38.1 Å². The maximum atomic E-state index is 12.2. The van der Waals surface area contributed by atoms with Crippen molar-refractivity contribution in [3.63, 3.8) is 0 Å². The predicted octanol–water partition coefficient (Wildman–Crippen LogP) is 4.19. The molecule has 0 amide bonds. The number of hydrogen-bond donors (Lipinski definition) is 0. The molecule has 10 nitrogen and oxygen atoms in total. The van der Waals surface area contributed by atoms with Gasteiger partial charge in [-0.3, -0.25) is 4.98 Å². The average molecular weight is 549 g/mol. The van der Waals surface area contributed by atoms with E-state index >= 15 is 0 Å². The van der Waals surface area contributed by atoms with Gasteiger partial charge in [-0.05, 0) is 69.0 Å². The van der Waals surface area contributed by atoms with Gasteiger partial charge < -0.3 is 14.4 Å². The number of fused-ring (bicyclic) bond motifs is 1. The Labute approximate surface area is 227 Å². The zero-order valence-electron chi connectivity index (χ0n) is 22.4. The Morgan fingerprint density at radius 3 is 2.64 bits per heavy atom. The normalized spacial score (nSPS) is 20.4. The standard InChI is InChI=1S/C28H32N6O4S/c1-18-17-37-15-13-33(18)24-16-22(20-7-8-25(31-19(20)2)39(3,35)36)21-9-11-29-28(27(21)32-24)23-10-12-30-34(23)26-6-4-5-14-38-26/h7-12,16,18,26H,4-6,13-15,17H2,1-3H3. The largest absolute Gasteiger partial charge is 0.377 e. The van der Waals surface area contributed by atoms with Crippen molar-refractivity contribution < 1.29 is 17.9 Å². The van der Waals surface area contributed by atoms with Crippen molar-refractivity contribution in [2.24, 2.45) is 0 Å². The van der Waals surface area contributed by atoms with E-state index in [2.05, 4.69) is 28.0 Å². The summed E-state index contributed by atoms with van der Waals surface area (Å²) in [4.78, 5) is 16.7. The summed E-state index contributed by atoms with van der Waals surface area (Å²) in [5, 5.41) is 5.56. The fraction of sp³-hybridized carbons (Fsp3) is 0.429. The maximum Gasteiger partial charge on any atom is 0.192 e. The lowest BCUT2D eigenvalue weighted by atomic mass is 9.99. The molecule has 0 saturated carbocycles. The van der Waals surface area contributed by atoms with Crippen LogP contribution in [0.3, 0.4) is 0 Å². The van der Waals surface area contributed by atoms with Crippen molar-refractivity contribution in [3.05, 3.63) is 48.4 Å². The first-order valence-electron chi connectivity index (χ1n) is 13.3. The van der Waals surface area contributed by atoms with Gasteiger partial charge in [0.05, 0.1) is 24.9 Å². The van der Waals surface area contributed by atoms with Crippen LogP contribution in [0, 0.1) is 6.92 Å². The first kappa shape index (κ1) is 25.8. The Morgan fingerprint density at radius 1 is 1.03 bits per heavy atom. The highest BCUT2D eigenvalue weighted by atomic mass is 32.2.